The first-order valence-electron chi connectivity index (χ1n) is 3.24. The molecule has 0 rings (SSSR count). The summed E-state index contributed by atoms with van der Waals surface area (Å²) in [5.74, 6) is 0. The van der Waals surface area contributed by atoms with Gasteiger partial charge in [-0.25, -0.2) is 13.6 Å². The van der Waals surface area contributed by atoms with Crippen molar-refractivity contribution in [2.45, 2.75) is 32.3 Å². The highest BCUT2D eigenvalue weighted by Crippen LogP contribution is 2.10. The molecule has 0 radical (unpaired) electrons. The average Bonchev–Trinajstić information content (AvgIpc) is 1.84. The van der Waals surface area contributed by atoms with Gasteiger partial charge in [-0.3, -0.25) is 0 Å². The lowest BCUT2D eigenvalue weighted by Crippen LogP contribution is -2.18. The summed E-state index contributed by atoms with van der Waals surface area (Å²) < 4.78 is 27.4. The molecule has 0 aromatic carbocycles. The van der Waals surface area contributed by atoms with Gasteiger partial charge in [-0.15, -0.1) is 0 Å². The molecule has 0 aromatic heterocycles. The van der Waals surface area contributed by atoms with E-state index < -0.39 is 25.1 Å². The monoisotopic (exact) mass is 168 g/mol. The van der Waals surface area contributed by atoms with Crippen LogP contribution in [0.25, 0.3) is 0 Å². The quantitative estimate of drug-likeness (QED) is 0.654. The zero-order valence-electron chi connectivity index (χ0n) is 6.09. The van der Waals surface area contributed by atoms with E-state index >= 15 is 0 Å². The third-order valence-electron chi connectivity index (χ3n) is 1.16. The predicted octanol–water partition coefficient (Wildman–Crippen LogP) is 2.11. The topological polar surface area (TPSA) is 46.5 Å². The van der Waals surface area contributed by atoms with Crippen LogP contribution in [0.2, 0.25) is 0 Å². The van der Waals surface area contributed by atoms with E-state index in [0.717, 1.165) is 0 Å². The van der Waals surface area contributed by atoms with Crippen LogP contribution in [0.5, 0.6) is 0 Å². The molecule has 0 heterocycles. The van der Waals surface area contributed by atoms with Crippen molar-refractivity contribution in [3.8, 4) is 0 Å². The van der Waals surface area contributed by atoms with E-state index in [-0.39, 0.29) is 6.42 Å². The molecule has 0 saturated heterocycles. The van der Waals surface area contributed by atoms with Gasteiger partial charge in [0, 0.05) is 6.42 Å². The second-order valence-electron chi connectivity index (χ2n) is 2.04. The summed E-state index contributed by atoms with van der Waals surface area (Å²) in [5, 5.41) is 8.06. The van der Waals surface area contributed by atoms with Crippen molar-refractivity contribution in [2.24, 2.45) is 0 Å². The third kappa shape index (κ3) is 5.57. The molecule has 1 atom stereocenters. The van der Waals surface area contributed by atoms with Gasteiger partial charge < -0.3 is 9.84 Å². The van der Waals surface area contributed by atoms with E-state index in [1.165, 1.54) is 0 Å². The van der Waals surface area contributed by atoms with Crippen LogP contribution in [-0.2, 0) is 4.74 Å². The highest BCUT2D eigenvalue weighted by atomic mass is 19.3. The van der Waals surface area contributed by atoms with Crippen LogP contribution in [0.4, 0.5) is 13.6 Å². The molecule has 0 aromatic rings. The van der Waals surface area contributed by atoms with Crippen LogP contribution < -0.4 is 0 Å². The number of ether oxygens (including phenoxy) is 1. The summed E-state index contributed by atoms with van der Waals surface area (Å²) in [5.41, 5.74) is 0. The Kier molecular flexibility index (Phi) is 4.49. The third-order valence-corrected chi connectivity index (χ3v) is 1.16. The fraction of sp³-hybridized carbons (Fsp3) is 0.833. The molecular weight excluding hydrogens is 158 g/mol. The van der Waals surface area contributed by atoms with Gasteiger partial charge in [-0.2, -0.15) is 0 Å². The van der Waals surface area contributed by atoms with E-state index in [1.54, 1.807) is 6.92 Å². The summed E-state index contributed by atoms with van der Waals surface area (Å²) >= 11 is 0. The molecule has 0 saturated carbocycles. The molecule has 0 spiro atoms. The van der Waals surface area contributed by atoms with Crippen LogP contribution >= 0.6 is 0 Å². The summed E-state index contributed by atoms with van der Waals surface area (Å²) in [6, 6.07) is 0. The Balaban J connectivity index is 3.66. The Morgan fingerprint density at radius 1 is 1.64 bits per heavy atom. The molecule has 0 aliphatic rings. The molecule has 1 unspecified atom stereocenters. The van der Waals surface area contributed by atoms with Crippen LogP contribution in [-0.4, -0.2) is 23.8 Å². The molecule has 3 nitrogen and oxygen atoms in total. The van der Waals surface area contributed by atoms with Gasteiger partial charge in [-0.1, -0.05) is 6.92 Å². The van der Waals surface area contributed by atoms with Crippen molar-refractivity contribution < 1.29 is 23.4 Å². The predicted molar refractivity (Wildman–Crippen MR) is 33.8 cm³/mol. The lowest BCUT2D eigenvalue weighted by atomic mass is 10.2. The van der Waals surface area contributed by atoms with E-state index in [2.05, 4.69) is 4.74 Å². The first kappa shape index (κ1) is 10.1. The van der Waals surface area contributed by atoms with Gasteiger partial charge in [0.15, 0.2) is 0 Å². The maximum Gasteiger partial charge on any atom is 0.506 e. The van der Waals surface area contributed by atoms with Crippen molar-refractivity contribution in [1.82, 2.24) is 0 Å². The zero-order valence-corrected chi connectivity index (χ0v) is 6.09. The lowest BCUT2D eigenvalue weighted by molar-refractivity contribution is 0.0145. The van der Waals surface area contributed by atoms with Crippen LogP contribution in [0.1, 0.15) is 19.8 Å². The van der Waals surface area contributed by atoms with Gasteiger partial charge in [0.1, 0.15) is 6.10 Å². The SMILES string of the molecule is CCC(CC(F)F)OC(=O)O. The first-order chi connectivity index (χ1) is 5.06. The minimum atomic E-state index is -2.51. The molecule has 0 bridgehead atoms. The number of hydrogen-bond acceptors (Lipinski definition) is 2. The number of alkyl halides is 2. The Morgan fingerprint density at radius 3 is 2.45 bits per heavy atom. The number of carbonyl (C=O) groups is 1. The normalized spacial score (nSPS) is 13.1. The summed E-state index contributed by atoms with van der Waals surface area (Å²) in [6.07, 6.45) is -5.15. The van der Waals surface area contributed by atoms with Crippen molar-refractivity contribution in [3.05, 3.63) is 0 Å². The van der Waals surface area contributed by atoms with Gasteiger partial charge in [0.2, 0.25) is 6.43 Å². The van der Waals surface area contributed by atoms with Gasteiger partial charge >= 0.3 is 6.16 Å². The summed E-state index contributed by atoms with van der Waals surface area (Å²) in [6.45, 7) is 1.59. The number of halogens is 2. The van der Waals surface area contributed by atoms with Gasteiger partial charge in [0.25, 0.3) is 0 Å². The Labute approximate surface area is 63.0 Å². The van der Waals surface area contributed by atoms with E-state index in [1.807, 2.05) is 0 Å². The summed E-state index contributed by atoms with van der Waals surface area (Å²) in [4.78, 5) is 9.88. The Hall–Kier alpha value is -0.870. The van der Waals surface area contributed by atoms with E-state index in [0.29, 0.717) is 0 Å². The number of carboxylic acid groups (broad SMARTS) is 1. The Morgan fingerprint density at radius 2 is 2.18 bits per heavy atom. The molecule has 0 aliphatic heterocycles. The van der Waals surface area contributed by atoms with E-state index in [9.17, 15) is 13.6 Å². The van der Waals surface area contributed by atoms with Crippen molar-refractivity contribution >= 4 is 6.16 Å². The van der Waals surface area contributed by atoms with Crippen molar-refractivity contribution in [1.29, 1.82) is 0 Å². The minimum absolute atomic E-state index is 0.274. The molecule has 0 amide bonds. The highest BCUT2D eigenvalue weighted by molar-refractivity contribution is 5.57. The molecular formula is C6H10F2O3. The lowest BCUT2D eigenvalue weighted by Gasteiger charge is -2.12. The molecule has 0 aliphatic carbocycles. The second-order valence-corrected chi connectivity index (χ2v) is 2.04. The largest absolute Gasteiger partial charge is 0.506 e. The van der Waals surface area contributed by atoms with Crippen molar-refractivity contribution in [2.75, 3.05) is 0 Å². The standard InChI is InChI=1S/C6H10F2O3/c1-2-4(3-5(7)8)11-6(9)10/h4-5H,2-3H2,1H3,(H,9,10). The fourth-order valence-electron chi connectivity index (χ4n) is 0.639. The number of hydrogen-bond donors (Lipinski definition) is 1. The molecule has 66 valence electrons. The fourth-order valence-corrected chi connectivity index (χ4v) is 0.639. The second kappa shape index (κ2) is 4.87. The smallest absolute Gasteiger partial charge is 0.450 e. The molecule has 11 heavy (non-hydrogen) atoms. The zero-order chi connectivity index (χ0) is 8.85. The minimum Gasteiger partial charge on any atom is -0.450 e. The van der Waals surface area contributed by atoms with Crippen LogP contribution in [0.15, 0.2) is 0 Å². The van der Waals surface area contributed by atoms with Crippen LogP contribution in [0.3, 0.4) is 0 Å². The number of rotatable bonds is 4. The molecule has 0 fully saturated rings. The van der Waals surface area contributed by atoms with Gasteiger partial charge in [0.05, 0.1) is 0 Å². The molecule has 5 heteroatoms. The highest BCUT2D eigenvalue weighted by Gasteiger charge is 2.16. The Bertz CT molecular complexity index is 127. The van der Waals surface area contributed by atoms with Crippen molar-refractivity contribution in [3.63, 3.8) is 0 Å². The van der Waals surface area contributed by atoms with Gasteiger partial charge in [-0.05, 0) is 6.42 Å². The van der Waals surface area contributed by atoms with Crippen LogP contribution in [0, 0.1) is 0 Å². The molecule has 1 N–H and O–H groups in total. The maximum absolute atomic E-state index is 11.6. The average molecular weight is 168 g/mol. The summed E-state index contributed by atoms with van der Waals surface area (Å²) in [7, 11) is 0. The first-order valence-corrected chi connectivity index (χ1v) is 3.24. The van der Waals surface area contributed by atoms with E-state index in [4.69, 9.17) is 5.11 Å². The maximum atomic E-state index is 11.6.